The second kappa shape index (κ2) is 7.21. The van der Waals surface area contributed by atoms with Crippen molar-refractivity contribution in [3.63, 3.8) is 0 Å². The van der Waals surface area contributed by atoms with Gasteiger partial charge in [0, 0.05) is 43.8 Å². The normalized spacial score (nSPS) is 14.4. The molecule has 0 atom stereocenters. The van der Waals surface area contributed by atoms with E-state index in [4.69, 9.17) is 0 Å². The number of benzene rings is 2. The molecule has 1 fully saturated rings. The number of piperazine rings is 1. The average molecular weight is 331 g/mol. The first-order valence-electron chi connectivity index (χ1n) is 8.58. The van der Waals surface area contributed by atoms with E-state index >= 15 is 0 Å². The fourth-order valence-corrected chi connectivity index (χ4v) is 3.07. The highest BCUT2D eigenvalue weighted by molar-refractivity contribution is 5.55. The van der Waals surface area contributed by atoms with Gasteiger partial charge in [-0.2, -0.15) is 4.98 Å². The van der Waals surface area contributed by atoms with Crippen molar-refractivity contribution in [3.8, 4) is 0 Å². The molecule has 0 bridgehead atoms. The Morgan fingerprint density at radius 3 is 2.08 bits per heavy atom. The Morgan fingerprint density at radius 2 is 1.36 bits per heavy atom. The molecule has 3 aromatic rings. The summed E-state index contributed by atoms with van der Waals surface area (Å²) < 4.78 is 0. The third kappa shape index (κ3) is 3.71. The molecule has 0 amide bonds. The van der Waals surface area contributed by atoms with Crippen LogP contribution in [0.1, 0.15) is 0 Å². The van der Waals surface area contributed by atoms with E-state index < -0.39 is 0 Å². The number of hydrogen-bond donors (Lipinski definition) is 1. The fraction of sp³-hybridized carbons (Fsp3) is 0.200. The van der Waals surface area contributed by atoms with E-state index in [-0.39, 0.29) is 0 Å². The molecular formula is C20H21N5. The summed E-state index contributed by atoms with van der Waals surface area (Å²) in [7, 11) is 0. The second-order valence-corrected chi connectivity index (χ2v) is 6.04. The molecule has 1 N–H and O–H groups in total. The van der Waals surface area contributed by atoms with Gasteiger partial charge in [0.05, 0.1) is 0 Å². The first kappa shape index (κ1) is 15.4. The summed E-state index contributed by atoms with van der Waals surface area (Å²) in [4.78, 5) is 13.7. The molecule has 1 aliphatic heterocycles. The highest BCUT2D eigenvalue weighted by atomic mass is 15.3. The zero-order valence-corrected chi connectivity index (χ0v) is 14.0. The highest BCUT2D eigenvalue weighted by Crippen LogP contribution is 2.20. The Morgan fingerprint density at radius 1 is 0.720 bits per heavy atom. The zero-order valence-electron chi connectivity index (χ0n) is 14.0. The second-order valence-electron chi connectivity index (χ2n) is 6.04. The number of aromatic nitrogens is 2. The fourth-order valence-electron chi connectivity index (χ4n) is 3.07. The van der Waals surface area contributed by atoms with Crippen molar-refractivity contribution >= 4 is 23.1 Å². The van der Waals surface area contributed by atoms with Gasteiger partial charge >= 0.3 is 0 Å². The summed E-state index contributed by atoms with van der Waals surface area (Å²) in [6.45, 7) is 3.90. The number of rotatable bonds is 4. The van der Waals surface area contributed by atoms with Crippen molar-refractivity contribution in [2.45, 2.75) is 0 Å². The van der Waals surface area contributed by atoms with Gasteiger partial charge in [-0.3, -0.25) is 0 Å². The van der Waals surface area contributed by atoms with E-state index in [1.807, 2.05) is 42.6 Å². The topological polar surface area (TPSA) is 44.3 Å². The minimum atomic E-state index is 0.634. The summed E-state index contributed by atoms with van der Waals surface area (Å²) in [6, 6.07) is 22.6. The number of nitrogens with zero attached hydrogens (tertiary/aromatic N) is 4. The Bertz CT molecular complexity index is 799. The molecule has 5 heteroatoms. The SMILES string of the molecule is c1ccc(Nc2nccc(N3CCN(c4ccccc4)CC3)n2)cc1. The van der Waals surface area contributed by atoms with Crippen LogP contribution in [0.4, 0.5) is 23.1 Å². The van der Waals surface area contributed by atoms with Crippen LogP contribution in [0, 0.1) is 0 Å². The molecule has 1 saturated heterocycles. The molecule has 0 spiro atoms. The highest BCUT2D eigenvalue weighted by Gasteiger charge is 2.18. The molecule has 0 radical (unpaired) electrons. The first-order chi connectivity index (χ1) is 12.4. The van der Waals surface area contributed by atoms with E-state index in [1.165, 1.54) is 5.69 Å². The van der Waals surface area contributed by atoms with Crippen LogP contribution in [-0.2, 0) is 0 Å². The van der Waals surface area contributed by atoms with Gasteiger partial charge in [0.1, 0.15) is 5.82 Å². The first-order valence-corrected chi connectivity index (χ1v) is 8.58. The van der Waals surface area contributed by atoms with Gasteiger partial charge in [-0.05, 0) is 30.3 Å². The van der Waals surface area contributed by atoms with E-state index in [1.54, 1.807) is 0 Å². The lowest BCUT2D eigenvalue weighted by atomic mass is 10.2. The Balaban J connectivity index is 1.42. The summed E-state index contributed by atoms with van der Waals surface area (Å²) >= 11 is 0. The third-order valence-electron chi connectivity index (χ3n) is 4.40. The van der Waals surface area contributed by atoms with Crippen LogP contribution in [0.15, 0.2) is 72.9 Å². The summed E-state index contributed by atoms with van der Waals surface area (Å²) in [6.07, 6.45) is 1.82. The monoisotopic (exact) mass is 331 g/mol. The Labute approximate surface area is 148 Å². The smallest absolute Gasteiger partial charge is 0.229 e. The average Bonchev–Trinajstić information content (AvgIpc) is 2.70. The predicted octanol–water partition coefficient (Wildman–Crippen LogP) is 3.55. The lowest BCUT2D eigenvalue weighted by Gasteiger charge is -2.36. The quantitative estimate of drug-likeness (QED) is 0.792. The van der Waals surface area contributed by atoms with Gasteiger partial charge in [0.15, 0.2) is 0 Å². The van der Waals surface area contributed by atoms with Crippen LogP contribution in [-0.4, -0.2) is 36.1 Å². The molecule has 5 nitrogen and oxygen atoms in total. The van der Waals surface area contributed by atoms with E-state index in [9.17, 15) is 0 Å². The predicted molar refractivity (Wildman–Crippen MR) is 103 cm³/mol. The van der Waals surface area contributed by atoms with Crippen molar-refractivity contribution in [2.75, 3.05) is 41.3 Å². The molecule has 0 aliphatic carbocycles. The van der Waals surface area contributed by atoms with Gasteiger partial charge < -0.3 is 15.1 Å². The van der Waals surface area contributed by atoms with Crippen LogP contribution in [0.3, 0.4) is 0 Å². The van der Waals surface area contributed by atoms with Gasteiger partial charge in [-0.1, -0.05) is 36.4 Å². The maximum Gasteiger partial charge on any atom is 0.229 e. The van der Waals surface area contributed by atoms with Crippen LogP contribution in [0.25, 0.3) is 0 Å². The molecule has 1 aromatic heterocycles. The molecule has 0 unspecified atom stereocenters. The third-order valence-corrected chi connectivity index (χ3v) is 4.40. The van der Waals surface area contributed by atoms with Crippen LogP contribution >= 0.6 is 0 Å². The molecule has 0 saturated carbocycles. The lowest BCUT2D eigenvalue weighted by Crippen LogP contribution is -2.46. The van der Waals surface area contributed by atoms with Crippen LogP contribution in [0.5, 0.6) is 0 Å². The van der Waals surface area contributed by atoms with Crippen molar-refractivity contribution < 1.29 is 0 Å². The Hall–Kier alpha value is -3.08. The van der Waals surface area contributed by atoms with Gasteiger partial charge in [0.2, 0.25) is 5.95 Å². The van der Waals surface area contributed by atoms with Gasteiger partial charge in [-0.15, -0.1) is 0 Å². The number of anilines is 4. The largest absolute Gasteiger partial charge is 0.368 e. The zero-order chi connectivity index (χ0) is 16.9. The molecule has 2 aromatic carbocycles. The molecule has 25 heavy (non-hydrogen) atoms. The van der Waals surface area contributed by atoms with Crippen molar-refractivity contribution in [2.24, 2.45) is 0 Å². The number of hydrogen-bond acceptors (Lipinski definition) is 5. The van der Waals surface area contributed by atoms with Crippen LogP contribution in [0.2, 0.25) is 0 Å². The van der Waals surface area contributed by atoms with E-state index in [0.29, 0.717) is 5.95 Å². The van der Waals surface area contributed by atoms with Gasteiger partial charge in [0.25, 0.3) is 0 Å². The molecule has 126 valence electrons. The Kier molecular flexibility index (Phi) is 4.46. The standard InChI is InChI=1S/C20H21N5/c1-3-7-17(8-4-1)22-20-21-12-11-19(23-20)25-15-13-24(14-16-25)18-9-5-2-6-10-18/h1-12H,13-16H2,(H,21,22,23). The van der Waals surface area contributed by atoms with Crippen LogP contribution < -0.4 is 15.1 Å². The van der Waals surface area contributed by atoms with E-state index in [2.05, 4.69) is 55.4 Å². The number of para-hydroxylation sites is 2. The van der Waals surface area contributed by atoms with Gasteiger partial charge in [-0.25, -0.2) is 4.98 Å². The molecular weight excluding hydrogens is 310 g/mol. The lowest BCUT2D eigenvalue weighted by molar-refractivity contribution is 0.647. The summed E-state index contributed by atoms with van der Waals surface area (Å²) in [5, 5.41) is 3.26. The van der Waals surface area contributed by atoms with Crippen molar-refractivity contribution in [3.05, 3.63) is 72.9 Å². The maximum atomic E-state index is 4.67. The van der Waals surface area contributed by atoms with Crippen molar-refractivity contribution in [1.82, 2.24) is 9.97 Å². The molecule has 1 aliphatic rings. The molecule has 4 rings (SSSR count). The summed E-state index contributed by atoms with van der Waals surface area (Å²) in [5.74, 6) is 1.61. The summed E-state index contributed by atoms with van der Waals surface area (Å²) in [5.41, 5.74) is 2.28. The molecule has 2 heterocycles. The van der Waals surface area contributed by atoms with Crippen molar-refractivity contribution in [1.29, 1.82) is 0 Å². The maximum absolute atomic E-state index is 4.67. The minimum Gasteiger partial charge on any atom is -0.368 e. The number of nitrogens with one attached hydrogen (secondary N) is 1. The minimum absolute atomic E-state index is 0.634. The van der Waals surface area contributed by atoms with E-state index in [0.717, 1.165) is 37.7 Å².